The van der Waals surface area contributed by atoms with Crippen molar-refractivity contribution in [2.45, 2.75) is 39.7 Å². The molecule has 21 heavy (non-hydrogen) atoms. The Balaban J connectivity index is 2.30. The molecule has 1 atom stereocenters. The van der Waals surface area contributed by atoms with Gasteiger partial charge in [0.05, 0.1) is 22.5 Å². The van der Waals surface area contributed by atoms with Gasteiger partial charge in [0.15, 0.2) is 0 Å². The molecule has 0 amide bonds. The summed E-state index contributed by atoms with van der Waals surface area (Å²) in [4.78, 5) is 0. The summed E-state index contributed by atoms with van der Waals surface area (Å²) in [7, 11) is 1.87. The van der Waals surface area contributed by atoms with Gasteiger partial charge in [0.25, 0.3) is 0 Å². The molecule has 5 heteroatoms. The van der Waals surface area contributed by atoms with Gasteiger partial charge in [-0.25, -0.2) is 0 Å². The van der Waals surface area contributed by atoms with E-state index in [4.69, 9.17) is 11.6 Å². The van der Waals surface area contributed by atoms with Gasteiger partial charge >= 0.3 is 0 Å². The van der Waals surface area contributed by atoms with E-state index in [1.54, 1.807) is 4.68 Å². The molecule has 0 aliphatic heterocycles. The largest absolute Gasteiger partial charge is 0.388 e. The average molecular weight is 372 g/mol. The lowest BCUT2D eigenvalue weighted by Gasteiger charge is -2.14. The Hall–Kier alpha value is -0.840. The van der Waals surface area contributed by atoms with Crippen LogP contribution in [0, 0.1) is 13.8 Å². The maximum absolute atomic E-state index is 10.5. The summed E-state index contributed by atoms with van der Waals surface area (Å²) in [6, 6.07) is 4.01. The van der Waals surface area contributed by atoms with Gasteiger partial charge in [-0.1, -0.05) is 46.6 Å². The zero-order valence-electron chi connectivity index (χ0n) is 12.7. The van der Waals surface area contributed by atoms with Crippen LogP contribution in [0.5, 0.6) is 0 Å². The van der Waals surface area contributed by atoms with Crippen molar-refractivity contribution in [2.75, 3.05) is 0 Å². The van der Waals surface area contributed by atoms with Crippen LogP contribution < -0.4 is 0 Å². The van der Waals surface area contributed by atoms with Gasteiger partial charge in [-0.15, -0.1) is 0 Å². The molecule has 0 saturated carbocycles. The Bertz CT molecular complexity index is 644. The monoisotopic (exact) mass is 370 g/mol. The standard InChI is InChI=1S/C16H20BrClN2O/c1-5-12-16(18)13(20(4)19-12)8-14(21)11-6-9(2)15(17)10(3)7-11/h6-7,14,21H,5,8H2,1-4H3. The van der Waals surface area contributed by atoms with E-state index in [-0.39, 0.29) is 0 Å². The maximum Gasteiger partial charge on any atom is 0.0850 e. The first-order valence-electron chi connectivity index (χ1n) is 7.00. The minimum absolute atomic E-state index is 0.461. The third-order valence-corrected chi connectivity index (χ3v) is 5.42. The molecule has 0 saturated heterocycles. The highest BCUT2D eigenvalue weighted by molar-refractivity contribution is 9.10. The second kappa shape index (κ2) is 6.51. The van der Waals surface area contributed by atoms with E-state index in [9.17, 15) is 5.11 Å². The lowest BCUT2D eigenvalue weighted by molar-refractivity contribution is 0.175. The second-order valence-electron chi connectivity index (χ2n) is 5.37. The van der Waals surface area contributed by atoms with E-state index >= 15 is 0 Å². The van der Waals surface area contributed by atoms with Gasteiger partial charge < -0.3 is 5.11 Å². The summed E-state index contributed by atoms with van der Waals surface area (Å²) < 4.78 is 2.86. The van der Waals surface area contributed by atoms with Crippen LogP contribution in [-0.2, 0) is 19.9 Å². The molecule has 0 aliphatic carbocycles. The Kier molecular flexibility index (Phi) is 5.12. The van der Waals surface area contributed by atoms with E-state index in [0.717, 1.165) is 39.0 Å². The minimum atomic E-state index is -0.590. The van der Waals surface area contributed by atoms with Crippen molar-refractivity contribution in [1.29, 1.82) is 0 Å². The number of benzene rings is 1. The fourth-order valence-electron chi connectivity index (χ4n) is 2.51. The highest BCUT2D eigenvalue weighted by atomic mass is 79.9. The minimum Gasteiger partial charge on any atom is -0.388 e. The normalized spacial score (nSPS) is 12.7. The predicted octanol–water partition coefficient (Wildman–Crippen LogP) is 4.29. The first kappa shape index (κ1) is 16.5. The molecule has 1 aromatic carbocycles. The SMILES string of the molecule is CCc1nn(C)c(CC(O)c2cc(C)c(Br)c(C)c2)c1Cl. The topological polar surface area (TPSA) is 38.0 Å². The number of aliphatic hydroxyl groups is 1. The lowest BCUT2D eigenvalue weighted by Crippen LogP contribution is -2.07. The van der Waals surface area contributed by atoms with E-state index in [1.807, 2.05) is 40.0 Å². The smallest absolute Gasteiger partial charge is 0.0850 e. The van der Waals surface area contributed by atoms with Gasteiger partial charge in [0, 0.05) is 17.9 Å². The van der Waals surface area contributed by atoms with Crippen LogP contribution in [-0.4, -0.2) is 14.9 Å². The van der Waals surface area contributed by atoms with Crippen LogP contribution in [0.4, 0.5) is 0 Å². The molecule has 0 fully saturated rings. The van der Waals surface area contributed by atoms with Crippen LogP contribution >= 0.6 is 27.5 Å². The van der Waals surface area contributed by atoms with Gasteiger partial charge in [0.1, 0.15) is 0 Å². The van der Waals surface area contributed by atoms with Crippen molar-refractivity contribution >= 4 is 27.5 Å². The molecule has 0 bridgehead atoms. The van der Waals surface area contributed by atoms with E-state index in [0.29, 0.717) is 11.4 Å². The zero-order chi connectivity index (χ0) is 15.7. The Morgan fingerprint density at radius 1 is 1.33 bits per heavy atom. The Labute approximate surface area is 139 Å². The molecule has 0 spiro atoms. The number of hydrogen-bond donors (Lipinski definition) is 1. The molecule has 0 radical (unpaired) electrons. The average Bonchev–Trinajstić information content (AvgIpc) is 2.71. The van der Waals surface area contributed by atoms with E-state index in [1.165, 1.54) is 0 Å². The molecule has 114 valence electrons. The summed E-state index contributed by atoms with van der Waals surface area (Å²) in [6.07, 6.45) is 0.662. The molecule has 2 aromatic rings. The Morgan fingerprint density at radius 3 is 2.38 bits per heavy atom. The summed E-state index contributed by atoms with van der Waals surface area (Å²) in [5, 5.41) is 15.6. The van der Waals surface area contributed by atoms with Crippen LogP contribution in [0.3, 0.4) is 0 Å². The van der Waals surface area contributed by atoms with Gasteiger partial charge in [-0.05, 0) is 37.0 Å². The fourth-order valence-corrected chi connectivity index (χ4v) is 3.11. The summed E-state index contributed by atoms with van der Waals surface area (Å²) in [5.41, 5.74) is 4.90. The number of halogens is 2. The van der Waals surface area contributed by atoms with Crippen LogP contribution in [0.2, 0.25) is 5.02 Å². The number of nitrogens with zero attached hydrogens (tertiary/aromatic N) is 2. The van der Waals surface area contributed by atoms with Crippen molar-refractivity contribution in [3.05, 3.63) is 49.7 Å². The van der Waals surface area contributed by atoms with Crippen molar-refractivity contribution < 1.29 is 5.11 Å². The molecule has 1 aromatic heterocycles. The molecule has 3 nitrogen and oxygen atoms in total. The van der Waals surface area contributed by atoms with Gasteiger partial charge in [0.2, 0.25) is 0 Å². The van der Waals surface area contributed by atoms with Crippen molar-refractivity contribution in [1.82, 2.24) is 9.78 Å². The predicted molar refractivity (Wildman–Crippen MR) is 89.9 cm³/mol. The van der Waals surface area contributed by atoms with Crippen molar-refractivity contribution in [3.8, 4) is 0 Å². The summed E-state index contributed by atoms with van der Waals surface area (Å²) in [5.74, 6) is 0. The fraction of sp³-hybridized carbons (Fsp3) is 0.438. The molecule has 1 heterocycles. The number of aryl methyl sites for hydroxylation is 4. The molecule has 1 N–H and O–H groups in total. The third-order valence-electron chi connectivity index (χ3n) is 3.73. The number of aliphatic hydroxyl groups excluding tert-OH is 1. The third kappa shape index (κ3) is 3.33. The van der Waals surface area contributed by atoms with Crippen LogP contribution in [0.1, 0.15) is 41.1 Å². The van der Waals surface area contributed by atoms with E-state index < -0.39 is 6.10 Å². The molecular weight excluding hydrogens is 352 g/mol. The Morgan fingerprint density at radius 2 is 1.90 bits per heavy atom. The van der Waals surface area contributed by atoms with Gasteiger partial charge in [-0.2, -0.15) is 5.10 Å². The van der Waals surface area contributed by atoms with Gasteiger partial charge in [-0.3, -0.25) is 4.68 Å². The number of hydrogen-bond acceptors (Lipinski definition) is 2. The van der Waals surface area contributed by atoms with Crippen molar-refractivity contribution in [3.63, 3.8) is 0 Å². The second-order valence-corrected chi connectivity index (χ2v) is 6.54. The first-order valence-corrected chi connectivity index (χ1v) is 8.17. The molecule has 1 unspecified atom stereocenters. The number of rotatable bonds is 4. The molecule has 0 aliphatic rings. The quantitative estimate of drug-likeness (QED) is 0.870. The highest BCUT2D eigenvalue weighted by Crippen LogP contribution is 2.29. The van der Waals surface area contributed by atoms with E-state index in [2.05, 4.69) is 21.0 Å². The van der Waals surface area contributed by atoms with Crippen LogP contribution in [0.15, 0.2) is 16.6 Å². The van der Waals surface area contributed by atoms with Crippen LogP contribution in [0.25, 0.3) is 0 Å². The zero-order valence-corrected chi connectivity index (χ0v) is 15.1. The molecular formula is C16H20BrClN2O. The van der Waals surface area contributed by atoms with Crippen molar-refractivity contribution in [2.24, 2.45) is 7.05 Å². The number of aromatic nitrogens is 2. The molecule has 2 rings (SSSR count). The lowest BCUT2D eigenvalue weighted by atomic mass is 10.00. The maximum atomic E-state index is 10.5. The summed E-state index contributed by atoms with van der Waals surface area (Å²) >= 11 is 9.90. The summed E-state index contributed by atoms with van der Waals surface area (Å²) in [6.45, 7) is 6.08. The first-order chi connectivity index (χ1) is 9.85. The highest BCUT2D eigenvalue weighted by Gasteiger charge is 2.18.